The Labute approximate surface area is 172 Å². The number of amides is 1. The van der Waals surface area contributed by atoms with E-state index in [2.05, 4.69) is 5.32 Å². The fourth-order valence-electron chi connectivity index (χ4n) is 3.34. The number of carbonyl (C=O) groups excluding carboxylic acids is 2. The van der Waals surface area contributed by atoms with Crippen molar-refractivity contribution >= 4 is 22.8 Å². The number of nitrogens with one attached hydrogen (secondary N) is 1. The van der Waals surface area contributed by atoms with Gasteiger partial charge in [-0.1, -0.05) is 18.2 Å². The lowest BCUT2D eigenvalue weighted by atomic mass is 10.0. The van der Waals surface area contributed by atoms with Gasteiger partial charge in [0.1, 0.15) is 17.1 Å². The SMILES string of the molecule is CC(=O)Oc1cc(C)cc2oc(=O)c(CC(=O)NCCc3ccccc3F)c(C)c12. The number of esters is 1. The fourth-order valence-corrected chi connectivity index (χ4v) is 3.34. The van der Waals surface area contributed by atoms with Crippen molar-refractivity contribution in [2.75, 3.05) is 6.54 Å². The molecule has 1 aromatic heterocycles. The van der Waals surface area contributed by atoms with Crippen LogP contribution in [0, 0.1) is 19.7 Å². The summed E-state index contributed by atoms with van der Waals surface area (Å²) in [5.74, 6) is -0.937. The molecule has 0 atom stereocenters. The molecule has 156 valence electrons. The van der Waals surface area contributed by atoms with Crippen molar-refractivity contribution in [1.82, 2.24) is 5.32 Å². The van der Waals surface area contributed by atoms with Crippen LogP contribution in [0.15, 0.2) is 45.6 Å². The zero-order chi connectivity index (χ0) is 21.8. The Morgan fingerprint density at radius 2 is 1.90 bits per heavy atom. The lowest BCUT2D eigenvalue weighted by Gasteiger charge is -2.12. The molecule has 3 aromatic rings. The molecule has 0 aliphatic carbocycles. The van der Waals surface area contributed by atoms with Crippen molar-refractivity contribution in [2.24, 2.45) is 0 Å². The van der Waals surface area contributed by atoms with E-state index >= 15 is 0 Å². The Kier molecular flexibility index (Phi) is 6.30. The maximum atomic E-state index is 13.7. The fraction of sp³-hybridized carbons (Fsp3) is 0.261. The third kappa shape index (κ3) is 4.74. The third-order valence-corrected chi connectivity index (χ3v) is 4.75. The highest BCUT2D eigenvalue weighted by atomic mass is 19.1. The summed E-state index contributed by atoms with van der Waals surface area (Å²) in [6.07, 6.45) is 0.133. The van der Waals surface area contributed by atoms with Crippen molar-refractivity contribution in [3.63, 3.8) is 0 Å². The molecule has 3 rings (SSSR count). The number of ether oxygens (including phenoxy) is 1. The van der Waals surface area contributed by atoms with E-state index in [1.54, 1.807) is 44.2 Å². The van der Waals surface area contributed by atoms with Crippen molar-refractivity contribution in [3.8, 4) is 5.75 Å². The second-order valence-electron chi connectivity index (χ2n) is 7.09. The monoisotopic (exact) mass is 411 g/mol. The zero-order valence-corrected chi connectivity index (χ0v) is 17.0. The average Bonchev–Trinajstić information content (AvgIpc) is 2.65. The van der Waals surface area contributed by atoms with Crippen LogP contribution in [0.25, 0.3) is 11.0 Å². The molecule has 7 heteroatoms. The van der Waals surface area contributed by atoms with Gasteiger partial charge in [0, 0.05) is 13.5 Å². The van der Waals surface area contributed by atoms with E-state index in [0.29, 0.717) is 22.9 Å². The summed E-state index contributed by atoms with van der Waals surface area (Å²) in [5.41, 5.74) is 1.63. The van der Waals surface area contributed by atoms with Gasteiger partial charge in [0.2, 0.25) is 5.91 Å². The highest BCUT2D eigenvalue weighted by Gasteiger charge is 2.19. The van der Waals surface area contributed by atoms with E-state index in [1.165, 1.54) is 13.0 Å². The number of hydrogen-bond donors (Lipinski definition) is 1. The quantitative estimate of drug-likeness (QED) is 0.382. The van der Waals surface area contributed by atoms with Crippen LogP contribution in [-0.4, -0.2) is 18.4 Å². The molecule has 0 fully saturated rings. The Morgan fingerprint density at radius 1 is 1.17 bits per heavy atom. The molecule has 0 unspecified atom stereocenters. The lowest BCUT2D eigenvalue weighted by Crippen LogP contribution is -2.29. The molecule has 30 heavy (non-hydrogen) atoms. The molecule has 0 saturated carbocycles. The van der Waals surface area contributed by atoms with Crippen LogP contribution in [0.5, 0.6) is 5.75 Å². The maximum Gasteiger partial charge on any atom is 0.340 e. The first-order valence-corrected chi connectivity index (χ1v) is 9.51. The van der Waals surface area contributed by atoms with Gasteiger partial charge < -0.3 is 14.5 Å². The molecule has 6 nitrogen and oxygen atoms in total. The van der Waals surface area contributed by atoms with E-state index < -0.39 is 11.6 Å². The van der Waals surface area contributed by atoms with Crippen LogP contribution >= 0.6 is 0 Å². The van der Waals surface area contributed by atoms with E-state index in [-0.39, 0.29) is 41.6 Å². The van der Waals surface area contributed by atoms with Gasteiger partial charge in [-0.2, -0.15) is 0 Å². The molecular formula is C23H22FNO5. The van der Waals surface area contributed by atoms with Gasteiger partial charge in [0.15, 0.2) is 0 Å². The summed E-state index contributed by atoms with van der Waals surface area (Å²) < 4.78 is 24.3. The Hall–Kier alpha value is -3.48. The molecule has 1 amide bonds. The minimum Gasteiger partial charge on any atom is -0.426 e. The number of rotatable bonds is 6. The normalized spacial score (nSPS) is 10.8. The molecule has 1 heterocycles. The van der Waals surface area contributed by atoms with E-state index in [1.807, 2.05) is 0 Å². The summed E-state index contributed by atoms with van der Waals surface area (Å²) in [7, 11) is 0. The van der Waals surface area contributed by atoms with Gasteiger partial charge in [-0.25, -0.2) is 9.18 Å². The standard InChI is InChI=1S/C23H22FNO5/c1-13-10-19(29-15(3)26)22-14(2)17(23(28)30-20(22)11-13)12-21(27)25-9-8-16-6-4-5-7-18(16)24/h4-7,10-11H,8-9,12H2,1-3H3,(H,25,27). The van der Waals surface area contributed by atoms with Crippen LogP contribution in [0.1, 0.15) is 29.2 Å². The first kappa shape index (κ1) is 21.2. The minimum atomic E-state index is -0.622. The van der Waals surface area contributed by atoms with Crippen molar-refractivity contribution < 1.29 is 23.1 Å². The number of fused-ring (bicyclic) bond motifs is 1. The second kappa shape index (κ2) is 8.90. The Morgan fingerprint density at radius 3 is 2.60 bits per heavy atom. The van der Waals surface area contributed by atoms with Gasteiger partial charge in [-0.3, -0.25) is 9.59 Å². The summed E-state index contributed by atoms with van der Waals surface area (Å²) in [4.78, 5) is 36.3. The summed E-state index contributed by atoms with van der Waals surface area (Å²) >= 11 is 0. The highest BCUT2D eigenvalue weighted by molar-refractivity contribution is 5.91. The number of halogens is 1. The zero-order valence-electron chi connectivity index (χ0n) is 17.0. The first-order chi connectivity index (χ1) is 14.3. The number of aryl methyl sites for hydroxylation is 2. The molecule has 0 radical (unpaired) electrons. The van der Waals surface area contributed by atoms with Gasteiger partial charge in [-0.15, -0.1) is 0 Å². The highest BCUT2D eigenvalue weighted by Crippen LogP contribution is 2.31. The van der Waals surface area contributed by atoms with Crippen molar-refractivity contribution in [1.29, 1.82) is 0 Å². The summed E-state index contributed by atoms with van der Waals surface area (Å²) in [6.45, 7) is 4.99. The lowest BCUT2D eigenvalue weighted by molar-refractivity contribution is -0.131. The smallest absolute Gasteiger partial charge is 0.340 e. The minimum absolute atomic E-state index is 0.183. The largest absolute Gasteiger partial charge is 0.426 e. The Bertz CT molecular complexity index is 1180. The average molecular weight is 411 g/mol. The van der Waals surface area contributed by atoms with Crippen molar-refractivity contribution in [2.45, 2.75) is 33.6 Å². The van der Waals surface area contributed by atoms with Crippen LogP contribution in [0.3, 0.4) is 0 Å². The van der Waals surface area contributed by atoms with Crippen LogP contribution in [0.2, 0.25) is 0 Å². The van der Waals surface area contributed by atoms with E-state index in [9.17, 15) is 18.8 Å². The third-order valence-electron chi connectivity index (χ3n) is 4.75. The number of carbonyl (C=O) groups is 2. The van der Waals surface area contributed by atoms with Gasteiger partial charge in [-0.05, 0) is 55.2 Å². The van der Waals surface area contributed by atoms with Gasteiger partial charge in [0.25, 0.3) is 0 Å². The maximum absolute atomic E-state index is 13.7. The van der Waals surface area contributed by atoms with Gasteiger partial charge >= 0.3 is 11.6 Å². The molecular weight excluding hydrogens is 389 g/mol. The number of benzene rings is 2. The predicted molar refractivity (Wildman–Crippen MR) is 110 cm³/mol. The summed E-state index contributed by atoms with van der Waals surface area (Å²) in [6, 6.07) is 9.70. The van der Waals surface area contributed by atoms with Crippen LogP contribution in [0.4, 0.5) is 4.39 Å². The Balaban J connectivity index is 1.82. The predicted octanol–water partition coefficient (Wildman–Crippen LogP) is 3.38. The molecule has 1 N–H and O–H groups in total. The first-order valence-electron chi connectivity index (χ1n) is 9.51. The van der Waals surface area contributed by atoms with Crippen LogP contribution < -0.4 is 15.7 Å². The molecule has 0 aliphatic heterocycles. The molecule has 2 aromatic carbocycles. The molecule has 0 aliphatic rings. The molecule has 0 bridgehead atoms. The van der Waals surface area contributed by atoms with Crippen molar-refractivity contribution in [3.05, 3.63) is 74.9 Å². The molecule has 0 saturated heterocycles. The van der Waals surface area contributed by atoms with E-state index in [0.717, 1.165) is 5.56 Å². The summed E-state index contributed by atoms with van der Waals surface area (Å²) in [5, 5.41) is 3.17. The second-order valence-corrected chi connectivity index (χ2v) is 7.09. The van der Waals surface area contributed by atoms with Crippen LogP contribution in [-0.2, 0) is 22.4 Å². The van der Waals surface area contributed by atoms with E-state index in [4.69, 9.17) is 9.15 Å². The number of hydrogen-bond acceptors (Lipinski definition) is 5. The van der Waals surface area contributed by atoms with Gasteiger partial charge in [0.05, 0.1) is 17.4 Å². The molecule has 0 spiro atoms. The topological polar surface area (TPSA) is 85.6 Å².